The van der Waals surface area contributed by atoms with Crippen LogP contribution in [-0.4, -0.2) is 26.0 Å². The number of fused-ring (bicyclic) bond motifs is 1. The van der Waals surface area contributed by atoms with Gasteiger partial charge in [0.05, 0.1) is 0 Å². The van der Waals surface area contributed by atoms with Crippen LogP contribution < -0.4 is 16.0 Å². The van der Waals surface area contributed by atoms with Gasteiger partial charge < -0.3 is 16.0 Å². The molecule has 0 saturated carbocycles. The van der Waals surface area contributed by atoms with Crippen LogP contribution in [-0.2, 0) is 17.8 Å². The third-order valence-electron chi connectivity index (χ3n) is 3.17. The number of carbonyl (C=O) groups excluding carboxylic acids is 1. The topological polar surface area (TPSA) is 58.4 Å². The summed E-state index contributed by atoms with van der Waals surface area (Å²) in [6, 6.07) is 6.14. The first kappa shape index (κ1) is 12.1. The van der Waals surface area contributed by atoms with E-state index in [1.54, 1.807) is 0 Å². The van der Waals surface area contributed by atoms with Gasteiger partial charge in [-0.1, -0.05) is 12.1 Å². The van der Waals surface area contributed by atoms with Crippen LogP contribution >= 0.6 is 0 Å². The molecule has 1 aromatic rings. The fourth-order valence-electron chi connectivity index (χ4n) is 2.21. The van der Waals surface area contributed by atoms with Gasteiger partial charge in [-0.2, -0.15) is 0 Å². The number of benzene rings is 1. The summed E-state index contributed by atoms with van der Waals surface area (Å²) in [6.45, 7) is 2.09. The van der Waals surface area contributed by atoms with Gasteiger partial charge in [-0.25, -0.2) is 0 Å². The zero-order valence-electron chi connectivity index (χ0n) is 10.2. The molecule has 92 valence electrons. The monoisotopic (exact) mass is 233 g/mol. The van der Waals surface area contributed by atoms with Crippen LogP contribution in [0.4, 0.5) is 5.69 Å². The Kier molecular flexibility index (Phi) is 3.76. The van der Waals surface area contributed by atoms with Crippen molar-refractivity contribution in [2.75, 3.05) is 25.0 Å². The minimum Gasteiger partial charge on any atom is -0.326 e. The number of nitrogens with one attached hydrogen (secondary N) is 1. The molecule has 0 bridgehead atoms. The fourth-order valence-corrected chi connectivity index (χ4v) is 2.21. The molecular weight excluding hydrogens is 214 g/mol. The lowest BCUT2D eigenvalue weighted by molar-refractivity contribution is -0.118. The highest BCUT2D eigenvalue weighted by Gasteiger charge is 2.23. The van der Waals surface area contributed by atoms with Crippen LogP contribution in [0.5, 0.6) is 0 Å². The molecule has 1 aromatic carbocycles. The molecule has 0 unspecified atom stereocenters. The molecule has 0 aliphatic carbocycles. The Balaban J connectivity index is 2.28. The number of carbonyl (C=O) groups is 1. The number of amides is 1. The predicted octanol–water partition coefficient (Wildman–Crippen LogP) is 0.644. The molecule has 1 aliphatic rings. The van der Waals surface area contributed by atoms with Gasteiger partial charge >= 0.3 is 0 Å². The molecule has 0 fully saturated rings. The second-order valence-electron chi connectivity index (χ2n) is 4.32. The third-order valence-corrected chi connectivity index (χ3v) is 3.17. The third kappa shape index (κ3) is 2.48. The molecule has 17 heavy (non-hydrogen) atoms. The van der Waals surface area contributed by atoms with Crippen LogP contribution in [0.3, 0.4) is 0 Å². The number of nitrogens with two attached hydrogens (primary N) is 1. The lowest BCUT2D eigenvalue weighted by Gasteiger charge is -2.29. The number of nitrogens with zero attached hydrogens (tertiary/aromatic N) is 1. The Labute approximate surface area is 102 Å². The molecule has 4 heteroatoms. The van der Waals surface area contributed by atoms with Gasteiger partial charge in [0.1, 0.15) is 0 Å². The molecule has 0 aromatic heterocycles. The maximum absolute atomic E-state index is 11.9. The standard InChI is InChI=1S/C13H19N3O/c1-15-6-7-16-12-4-2-10(9-14)8-11(12)3-5-13(16)17/h2,4,8,15H,3,5-7,9,14H2,1H3. The van der Waals surface area contributed by atoms with E-state index in [9.17, 15) is 4.79 Å². The smallest absolute Gasteiger partial charge is 0.227 e. The SMILES string of the molecule is CNCCN1C(=O)CCc2cc(CN)ccc21. The quantitative estimate of drug-likeness (QED) is 0.802. The minimum absolute atomic E-state index is 0.216. The van der Waals surface area contributed by atoms with E-state index < -0.39 is 0 Å². The van der Waals surface area contributed by atoms with E-state index in [0.29, 0.717) is 13.0 Å². The molecule has 0 radical (unpaired) electrons. The van der Waals surface area contributed by atoms with Gasteiger partial charge in [-0.3, -0.25) is 4.79 Å². The van der Waals surface area contributed by atoms with E-state index in [0.717, 1.165) is 30.8 Å². The van der Waals surface area contributed by atoms with Crippen molar-refractivity contribution in [3.63, 3.8) is 0 Å². The summed E-state index contributed by atoms with van der Waals surface area (Å²) in [5.74, 6) is 0.216. The van der Waals surface area contributed by atoms with Crippen molar-refractivity contribution < 1.29 is 4.79 Å². The lowest BCUT2D eigenvalue weighted by Crippen LogP contribution is -2.39. The van der Waals surface area contributed by atoms with Crippen LogP contribution in [0.2, 0.25) is 0 Å². The van der Waals surface area contributed by atoms with Crippen molar-refractivity contribution >= 4 is 11.6 Å². The van der Waals surface area contributed by atoms with E-state index in [1.165, 1.54) is 5.56 Å². The van der Waals surface area contributed by atoms with Crippen molar-refractivity contribution in [1.82, 2.24) is 5.32 Å². The summed E-state index contributed by atoms with van der Waals surface area (Å²) in [5.41, 5.74) is 9.05. The highest BCUT2D eigenvalue weighted by Crippen LogP contribution is 2.28. The van der Waals surface area contributed by atoms with Crippen molar-refractivity contribution in [3.05, 3.63) is 29.3 Å². The molecule has 4 nitrogen and oxygen atoms in total. The highest BCUT2D eigenvalue weighted by atomic mass is 16.2. The van der Waals surface area contributed by atoms with Crippen molar-refractivity contribution in [2.45, 2.75) is 19.4 Å². The first-order valence-electron chi connectivity index (χ1n) is 6.03. The molecule has 1 heterocycles. The van der Waals surface area contributed by atoms with Gasteiger partial charge in [-0.15, -0.1) is 0 Å². The molecule has 0 saturated heterocycles. The summed E-state index contributed by atoms with van der Waals surface area (Å²) in [5, 5.41) is 3.08. The first-order valence-corrected chi connectivity index (χ1v) is 6.03. The van der Waals surface area contributed by atoms with Gasteiger partial charge in [0.25, 0.3) is 0 Å². The first-order chi connectivity index (χ1) is 8.26. The van der Waals surface area contributed by atoms with Crippen LogP contribution in [0, 0.1) is 0 Å². The highest BCUT2D eigenvalue weighted by molar-refractivity contribution is 5.96. The van der Waals surface area contributed by atoms with Gasteiger partial charge in [-0.05, 0) is 30.7 Å². The van der Waals surface area contributed by atoms with E-state index in [1.807, 2.05) is 24.1 Å². The average Bonchev–Trinajstić information content (AvgIpc) is 2.37. The normalized spacial score (nSPS) is 14.9. The molecule has 1 aliphatic heterocycles. The molecular formula is C13H19N3O. The number of anilines is 1. The minimum atomic E-state index is 0.216. The maximum Gasteiger partial charge on any atom is 0.227 e. The Morgan fingerprint density at radius 1 is 1.41 bits per heavy atom. The number of hydrogen-bond donors (Lipinski definition) is 2. The number of hydrogen-bond acceptors (Lipinski definition) is 3. The number of likely N-dealkylation sites (N-methyl/N-ethyl adjacent to an activating group) is 1. The van der Waals surface area contributed by atoms with E-state index in [-0.39, 0.29) is 5.91 Å². The second-order valence-corrected chi connectivity index (χ2v) is 4.32. The van der Waals surface area contributed by atoms with E-state index in [2.05, 4.69) is 11.4 Å². The molecule has 0 spiro atoms. The van der Waals surface area contributed by atoms with Gasteiger partial charge in [0.2, 0.25) is 5.91 Å². The largest absolute Gasteiger partial charge is 0.326 e. The molecule has 2 rings (SSSR count). The summed E-state index contributed by atoms with van der Waals surface area (Å²) in [6.07, 6.45) is 1.43. The number of aryl methyl sites for hydroxylation is 1. The summed E-state index contributed by atoms with van der Waals surface area (Å²) >= 11 is 0. The summed E-state index contributed by atoms with van der Waals surface area (Å²) < 4.78 is 0. The number of rotatable bonds is 4. The van der Waals surface area contributed by atoms with Gasteiger partial charge in [0.15, 0.2) is 0 Å². The van der Waals surface area contributed by atoms with Gasteiger partial charge in [0, 0.05) is 31.7 Å². The zero-order valence-corrected chi connectivity index (χ0v) is 10.2. The van der Waals surface area contributed by atoms with Crippen molar-refractivity contribution in [1.29, 1.82) is 0 Å². The Morgan fingerprint density at radius 3 is 2.94 bits per heavy atom. The average molecular weight is 233 g/mol. The summed E-state index contributed by atoms with van der Waals surface area (Å²) in [4.78, 5) is 13.8. The maximum atomic E-state index is 11.9. The predicted molar refractivity (Wildman–Crippen MR) is 68.9 cm³/mol. The second kappa shape index (κ2) is 5.29. The van der Waals surface area contributed by atoms with E-state index >= 15 is 0 Å². The Hall–Kier alpha value is -1.39. The Morgan fingerprint density at radius 2 is 2.24 bits per heavy atom. The summed E-state index contributed by atoms with van der Waals surface area (Å²) in [7, 11) is 1.90. The Bertz CT molecular complexity index is 417. The zero-order chi connectivity index (χ0) is 12.3. The van der Waals surface area contributed by atoms with Crippen LogP contribution in [0.15, 0.2) is 18.2 Å². The van der Waals surface area contributed by atoms with Crippen molar-refractivity contribution in [2.24, 2.45) is 5.73 Å². The van der Waals surface area contributed by atoms with Crippen LogP contribution in [0.1, 0.15) is 17.5 Å². The van der Waals surface area contributed by atoms with Crippen molar-refractivity contribution in [3.8, 4) is 0 Å². The fraction of sp³-hybridized carbons (Fsp3) is 0.462. The van der Waals surface area contributed by atoms with E-state index in [4.69, 9.17) is 5.73 Å². The van der Waals surface area contributed by atoms with Crippen LogP contribution in [0.25, 0.3) is 0 Å². The lowest BCUT2D eigenvalue weighted by atomic mass is 9.98. The molecule has 3 N–H and O–H groups in total. The molecule has 1 amide bonds. The molecule has 0 atom stereocenters.